The molecular formula is C9H17NO3. The number of carbonyl (C=O) groups is 1. The highest BCUT2D eigenvalue weighted by atomic mass is 16.4. The number of hydrogen-bond acceptors (Lipinski definition) is 3. The predicted molar refractivity (Wildman–Crippen MR) is 45.7 cm³/mol. The van der Waals surface area contributed by atoms with Crippen LogP contribution in [0.5, 0.6) is 0 Å². The molecule has 0 radical (unpaired) electrons. The zero-order valence-electron chi connectivity index (χ0n) is 8.03. The van der Waals surface area contributed by atoms with Crippen molar-refractivity contribution in [3.05, 3.63) is 0 Å². The number of rotatable bonds is 3. The third kappa shape index (κ3) is 2.42. The monoisotopic (exact) mass is 187 g/mol. The van der Waals surface area contributed by atoms with Crippen molar-refractivity contribution in [1.29, 1.82) is 0 Å². The summed E-state index contributed by atoms with van der Waals surface area (Å²) in [6.07, 6.45) is 3.05. The highest BCUT2D eigenvalue weighted by Gasteiger charge is 2.34. The summed E-state index contributed by atoms with van der Waals surface area (Å²) in [6.45, 7) is 0.925. The summed E-state index contributed by atoms with van der Waals surface area (Å²) in [4.78, 5) is 10.5. The first-order chi connectivity index (χ1) is 6.08. The predicted octanol–water partition coefficient (Wildman–Crippen LogP) is -1.27. The largest absolute Gasteiger partial charge is 0.544 e. The number of carboxylic acids is 1. The van der Waals surface area contributed by atoms with Crippen molar-refractivity contribution in [1.82, 2.24) is 0 Å². The molecule has 4 heteroatoms. The maximum Gasteiger partial charge on any atom is 0.119 e. The number of quaternary nitrogens is 1. The van der Waals surface area contributed by atoms with Gasteiger partial charge in [0.1, 0.15) is 12.6 Å². The summed E-state index contributed by atoms with van der Waals surface area (Å²) in [5, 5.41) is 19.6. The van der Waals surface area contributed by atoms with Crippen LogP contribution in [0.3, 0.4) is 0 Å². The van der Waals surface area contributed by atoms with Crippen molar-refractivity contribution in [3.63, 3.8) is 0 Å². The van der Waals surface area contributed by atoms with Crippen molar-refractivity contribution in [3.8, 4) is 0 Å². The van der Waals surface area contributed by atoms with Gasteiger partial charge in [0.25, 0.3) is 0 Å². The Hall–Kier alpha value is -0.610. The lowest BCUT2D eigenvalue weighted by Gasteiger charge is -2.44. The van der Waals surface area contributed by atoms with Crippen LogP contribution in [0.4, 0.5) is 0 Å². The molecular weight excluding hydrogens is 170 g/mol. The van der Waals surface area contributed by atoms with Crippen molar-refractivity contribution in [2.45, 2.75) is 25.3 Å². The fourth-order valence-electron chi connectivity index (χ4n) is 2.14. The van der Waals surface area contributed by atoms with E-state index in [1.807, 2.05) is 7.05 Å². The van der Waals surface area contributed by atoms with Gasteiger partial charge in [-0.1, -0.05) is 0 Å². The highest BCUT2D eigenvalue weighted by molar-refractivity contribution is 5.65. The normalized spacial score (nSPS) is 34.5. The topological polar surface area (TPSA) is 60.4 Å². The number of aliphatic hydroxyl groups is 1. The lowest BCUT2D eigenvalue weighted by atomic mass is 10.00. The third-order valence-electron chi connectivity index (χ3n) is 3.04. The minimum Gasteiger partial charge on any atom is -0.544 e. The lowest BCUT2D eigenvalue weighted by molar-refractivity contribution is -0.933. The molecule has 0 bridgehead atoms. The molecule has 1 aliphatic rings. The van der Waals surface area contributed by atoms with Gasteiger partial charge in [-0.05, 0) is 12.8 Å². The summed E-state index contributed by atoms with van der Waals surface area (Å²) in [5.41, 5.74) is 0. The Balaban J connectivity index is 2.64. The highest BCUT2D eigenvalue weighted by Crippen LogP contribution is 2.22. The Kier molecular flexibility index (Phi) is 3.27. The lowest BCUT2D eigenvalue weighted by Crippen LogP contribution is -2.60. The van der Waals surface area contributed by atoms with Gasteiger partial charge in [0, 0.05) is 6.42 Å². The molecule has 2 atom stereocenters. The van der Waals surface area contributed by atoms with Crippen LogP contribution in [0.15, 0.2) is 0 Å². The number of aliphatic carboxylic acids is 1. The van der Waals surface area contributed by atoms with Gasteiger partial charge >= 0.3 is 0 Å². The average Bonchev–Trinajstić information content (AvgIpc) is 2.03. The second-order valence-corrected chi connectivity index (χ2v) is 4.07. The maximum atomic E-state index is 10.5. The molecule has 76 valence electrons. The Labute approximate surface area is 78.4 Å². The minimum absolute atomic E-state index is 0.0191. The smallest absolute Gasteiger partial charge is 0.119 e. The number of carbonyl (C=O) groups excluding carboxylic acids is 1. The van der Waals surface area contributed by atoms with E-state index in [0.29, 0.717) is 4.48 Å². The van der Waals surface area contributed by atoms with Crippen molar-refractivity contribution >= 4 is 5.97 Å². The van der Waals surface area contributed by atoms with E-state index in [2.05, 4.69) is 0 Å². The summed E-state index contributed by atoms with van der Waals surface area (Å²) in [6, 6.07) is 0.0756. The van der Waals surface area contributed by atoms with Crippen LogP contribution in [0.25, 0.3) is 0 Å². The molecule has 0 spiro atoms. The van der Waals surface area contributed by atoms with E-state index in [0.717, 1.165) is 25.8 Å². The summed E-state index contributed by atoms with van der Waals surface area (Å²) in [7, 11) is 1.88. The van der Waals surface area contributed by atoms with Gasteiger partial charge in [0.2, 0.25) is 0 Å². The van der Waals surface area contributed by atoms with Gasteiger partial charge in [-0.2, -0.15) is 0 Å². The van der Waals surface area contributed by atoms with Crippen LogP contribution in [0.1, 0.15) is 19.3 Å². The first kappa shape index (κ1) is 10.5. The second kappa shape index (κ2) is 4.07. The fraction of sp³-hybridized carbons (Fsp3) is 0.889. The van der Waals surface area contributed by atoms with Crippen LogP contribution in [-0.4, -0.2) is 48.3 Å². The standard InChI is InChI=1S/C9H17NO3/c1-10(6-9(12)13)5-3-2-4-8(10)7-11/h8,11H,2-7H2,1H3. The Bertz CT molecular complexity index is 195. The molecule has 1 heterocycles. The number of hydrogen-bond donors (Lipinski definition) is 1. The number of aliphatic hydroxyl groups excluding tert-OH is 1. The van der Waals surface area contributed by atoms with Crippen molar-refractivity contribution in [2.75, 3.05) is 26.7 Å². The van der Waals surface area contributed by atoms with E-state index >= 15 is 0 Å². The SMILES string of the molecule is C[N+]1(CC(=O)[O-])CCCCC1CO. The number of likely N-dealkylation sites (N-methyl/N-ethyl adjacent to an activating group) is 1. The van der Waals surface area contributed by atoms with Gasteiger partial charge in [-0.25, -0.2) is 0 Å². The molecule has 2 unspecified atom stereocenters. The number of likely N-dealkylation sites (tertiary alicyclic amines) is 1. The molecule has 0 amide bonds. The van der Waals surface area contributed by atoms with E-state index in [4.69, 9.17) is 5.11 Å². The number of piperidine rings is 1. The molecule has 1 N–H and O–H groups in total. The van der Waals surface area contributed by atoms with Gasteiger partial charge < -0.3 is 19.5 Å². The Morgan fingerprint density at radius 3 is 2.85 bits per heavy atom. The average molecular weight is 187 g/mol. The molecule has 0 aliphatic carbocycles. The molecule has 0 aromatic carbocycles. The molecule has 1 saturated heterocycles. The van der Waals surface area contributed by atoms with Crippen LogP contribution in [-0.2, 0) is 4.79 Å². The zero-order valence-corrected chi connectivity index (χ0v) is 8.03. The van der Waals surface area contributed by atoms with Gasteiger partial charge in [-0.3, -0.25) is 0 Å². The van der Waals surface area contributed by atoms with E-state index < -0.39 is 5.97 Å². The fourth-order valence-corrected chi connectivity index (χ4v) is 2.14. The molecule has 1 fully saturated rings. The van der Waals surface area contributed by atoms with Gasteiger partial charge in [0.15, 0.2) is 0 Å². The molecule has 4 nitrogen and oxygen atoms in total. The van der Waals surface area contributed by atoms with Crippen molar-refractivity contribution < 1.29 is 19.5 Å². The van der Waals surface area contributed by atoms with E-state index in [9.17, 15) is 9.90 Å². The van der Waals surface area contributed by atoms with Crippen LogP contribution in [0, 0.1) is 0 Å². The third-order valence-corrected chi connectivity index (χ3v) is 3.04. The molecule has 13 heavy (non-hydrogen) atoms. The van der Waals surface area contributed by atoms with Gasteiger partial charge in [-0.15, -0.1) is 0 Å². The zero-order chi connectivity index (χ0) is 9.90. The van der Waals surface area contributed by atoms with E-state index in [-0.39, 0.29) is 19.2 Å². The van der Waals surface area contributed by atoms with Gasteiger partial charge in [0.05, 0.1) is 26.2 Å². The minimum atomic E-state index is -1.03. The number of nitrogens with zero attached hydrogens (tertiary/aromatic N) is 1. The van der Waals surface area contributed by atoms with Crippen molar-refractivity contribution in [2.24, 2.45) is 0 Å². The van der Waals surface area contributed by atoms with E-state index in [1.165, 1.54) is 0 Å². The summed E-state index contributed by atoms with van der Waals surface area (Å²) < 4.78 is 0.429. The number of carboxylic acid groups (broad SMARTS) is 1. The Morgan fingerprint density at radius 1 is 1.62 bits per heavy atom. The maximum absolute atomic E-state index is 10.5. The van der Waals surface area contributed by atoms with Crippen LogP contribution in [0.2, 0.25) is 0 Å². The second-order valence-electron chi connectivity index (χ2n) is 4.07. The Morgan fingerprint density at radius 2 is 2.31 bits per heavy atom. The summed E-state index contributed by atoms with van der Waals surface area (Å²) in [5.74, 6) is -1.03. The van der Waals surface area contributed by atoms with E-state index in [1.54, 1.807) is 0 Å². The van der Waals surface area contributed by atoms with Crippen LogP contribution >= 0.6 is 0 Å². The molecule has 0 saturated carbocycles. The van der Waals surface area contributed by atoms with Crippen LogP contribution < -0.4 is 5.11 Å². The summed E-state index contributed by atoms with van der Waals surface area (Å²) >= 11 is 0. The quantitative estimate of drug-likeness (QED) is 0.560. The first-order valence-corrected chi connectivity index (χ1v) is 4.73. The molecule has 0 aromatic rings. The molecule has 0 aromatic heterocycles. The first-order valence-electron chi connectivity index (χ1n) is 4.73. The molecule has 1 rings (SSSR count). The molecule has 1 aliphatic heterocycles.